The zero-order valence-electron chi connectivity index (χ0n) is 9.54. The predicted molar refractivity (Wildman–Crippen MR) is 59.5 cm³/mol. The van der Waals surface area contributed by atoms with Crippen molar-refractivity contribution in [1.82, 2.24) is 5.32 Å². The molecule has 0 fully saturated rings. The first-order valence-electron chi connectivity index (χ1n) is 5.47. The number of hydrogen-bond donors (Lipinski definition) is 2. The molecular weight excluding hydrogens is 231 g/mol. The molecule has 0 saturated carbocycles. The first kappa shape index (κ1) is 14.0. The molecule has 2 nitrogen and oxygen atoms in total. The molecule has 5 heteroatoms. The van der Waals surface area contributed by atoms with Gasteiger partial charge in [0.15, 0.2) is 0 Å². The highest BCUT2D eigenvalue weighted by atomic mass is 19.4. The third kappa shape index (κ3) is 4.02. The van der Waals surface area contributed by atoms with E-state index in [-0.39, 0.29) is 12.2 Å². The SMILES string of the molecule is CCC(CO)NC(c1ccccc1)C(F)(F)F. The van der Waals surface area contributed by atoms with Crippen LogP contribution < -0.4 is 5.32 Å². The van der Waals surface area contributed by atoms with E-state index in [2.05, 4.69) is 5.32 Å². The van der Waals surface area contributed by atoms with Crippen LogP contribution in [0.1, 0.15) is 24.9 Å². The van der Waals surface area contributed by atoms with Crippen molar-refractivity contribution in [2.24, 2.45) is 0 Å². The Balaban J connectivity index is 2.90. The predicted octanol–water partition coefficient (Wildman–Crippen LogP) is 2.65. The maximum atomic E-state index is 12.9. The molecule has 0 aliphatic heterocycles. The van der Waals surface area contributed by atoms with Crippen molar-refractivity contribution in [3.63, 3.8) is 0 Å². The molecular formula is C12H16F3NO. The minimum absolute atomic E-state index is 0.159. The van der Waals surface area contributed by atoms with Crippen molar-refractivity contribution < 1.29 is 18.3 Å². The topological polar surface area (TPSA) is 32.3 Å². The van der Waals surface area contributed by atoms with Gasteiger partial charge in [0.2, 0.25) is 0 Å². The second-order valence-corrected chi connectivity index (χ2v) is 3.84. The summed E-state index contributed by atoms with van der Waals surface area (Å²) in [5.41, 5.74) is 0.159. The summed E-state index contributed by atoms with van der Waals surface area (Å²) in [6, 6.07) is 5.36. The van der Waals surface area contributed by atoms with Crippen LogP contribution in [0.2, 0.25) is 0 Å². The van der Waals surface area contributed by atoms with Gasteiger partial charge in [-0.25, -0.2) is 0 Å². The molecule has 0 amide bonds. The van der Waals surface area contributed by atoms with Crippen LogP contribution >= 0.6 is 0 Å². The zero-order chi connectivity index (χ0) is 12.9. The third-order valence-electron chi connectivity index (χ3n) is 2.58. The van der Waals surface area contributed by atoms with Crippen molar-refractivity contribution in [3.8, 4) is 0 Å². The first-order valence-corrected chi connectivity index (χ1v) is 5.47. The lowest BCUT2D eigenvalue weighted by Crippen LogP contribution is -2.42. The summed E-state index contributed by atoms with van der Waals surface area (Å²) in [5, 5.41) is 11.4. The standard InChI is InChI=1S/C12H16F3NO/c1-2-10(8-17)16-11(12(13,14)15)9-6-4-3-5-7-9/h3-7,10-11,16-17H,2,8H2,1H3. The average Bonchev–Trinajstić information content (AvgIpc) is 2.30. The molecule has 0 saturated heterocycles. The normalized spacial score (nSPS) is 15.6. The monoisotopic (exact) mass is 247 g/mol. The molecule has 2 atom stereocenters. The highest BCUT2D eigenvalue weighted by Gasteiger charge is 2.41. The van der Waals surface area contributed by atoms with Crippen LogP contribution in [0.3, 0.4) is 0 Å². The molecule has 2 N–H and O–H groups in total. The van der Waals surface area contributed by atoms with Crippen LogP contribution in [-0.2, 0) is 0 Å². The minimum Gasteiger partial charge on any atom is -0.395 e. The quantitative estimate of drug-likeness (QED) is 0.838. The van der Waals surface area contributed by atoms with Crippen LogP contribution in [0.5, 0.6) is 0 Å². The van der Waals surface area contributed by atoms with Crippen molar-refractivity contribution in [3.05, 3.63) is 35.9 Å². The number of hydrogen-bond acceptors (Lipinski definition) is 2. The van der Waals surface area contributed by atoms with Gasteiger partial charge in [-0.05, 0) is 12.0 Å². The van der Waals surface area contributed by atoms with Crippen molar-refractivity contribution in [1.29, 1.82) is 0 Å². The maximum Gasteiger partial charge on any atom is 0.407 e. The molecule has 1 aromatic carbocycles. The van der Waals surface area contributed by atoms with Crippen LogP contribution in [-0.4, -0.2) is 23.9 Å². The van der Waals surface area contributed by atoms with Crippen LogP contribution in [0.25, 0.3) is 0 Å². The lowest BCUT2D eigenvalue weighted by Gasteiger charge is -2.26. The van der Waals surface area contributed by atoms with Gasteiger partial charge in [0, 0.05) is 6.04 Å². The molecule has 0 bridgehead atoms. The number of rotatable bonds is 5. The second kappa shape index (κ2) is 6.02. The van der Waals surface area contributed by atoms with E-state index in [0.717, 1.165) is 0 Å². The lowest BCUT2D eigenvalue weighted by molar-refractivity contribution is -0.160. The Morgan fingerprint density at radius 2 is 1.82 bits per heavy atom. The summed E-state index contributed by atoms with van der Waals surface area (Å²) in [5.74, 6) is 0. The molecule has 2 unspecified atom stereocenters. The summed E-state index contributed by atoms with van der Waals surface area (Å²) in [6.45, 7) is 1.42. The van der Waals surface area contributed by atoms with Crippen molar-refractivity contribution in [2.45, 2.75) is 31.6 Å². The molecule has 0 aliphatic rings. The van der Waals surface area contributed by atoms with Gasteiger partial charge in [-0.3, -0.25) is 5.32 Å². The summed E-state index contributed by atoms with van der Waals surface area (Å²) >= 11 is 0. The first-order chi connectivity index (χ1) is 7.99. The molecule has 1 rings (SSSR count). The highest BCUT2D eigenvalue weighted by molar-refractivity contribution is 5.20. The molecule has 96 valence electrons. The Morgan fingerprint density at radius 3 is 2.24 bits per heavy atom. The number of halogens is 3. The van der Waals surface area contributed by atoms with Crippen molar-refractivity contribution >= 4 is 0 Å². The minimum atomic E-state index is -4.37. The number of aliphatic hydroxyl groups is 1. The van der Waals surface area contributed by atoms with Gasteiger partial charge in [-0.1, -0.05) is 37.3 Å². The molecule has 17 heavy (non-hydrogen) atoms. The largest absolute Gasteiger partial charge is 0.407 e. The van der Waals surface area contributed by atoms with E-state index in [9.17, 15) is 13.2 Å². The molecule has 0 heterocycles. The van der Waals surface area contributed by atoms with E-state index >= 15 is 0 Å². The van der Waals surface area contributed by atoms with Gasteiger partial charge in [0.25, 0.3) is 0 Å². The Kier molecular flexibility index (Phi) is 4.96. The van der Waals surface area contributed by atoms with Gasteiger partial charge in [-0.2, -0.15) is 13.2 Å². The van der Waals surface area contributed by atoms with E-state index in [4.69, 9.17) is 5.11 Å². The fourth-order valence-corrected chi connectivity index (χ4v) is 1.56. The zero-order valence-corrected chi connectivity index (χ0v) is 9.54. The summed E-state index contributed by atoms with van der Waals surface area (Å²) in [6.07, 6.45) is -3.93. The summed E-state index contributed by atoms with van der Waals surface area (Å²) in [7, 11) is 0. The van der Waals surface area contributed by atoms with E-state index in [1.165, 1.54) is 12.1 Å². The highest BCUT2D eigenvalue weighted by Crippen LogP contribution is 2.33. The molecule has 0 spiro atoms. The molecule has 0 radical (unpaired) electrons. The number of nitrogens with one attached hydrogen (secondary N) is 1. The molecule has 1 aromatic rings. The third-order valence-corrected chi connectivity index (χ3v) is 2.58. The fraction of sp³-hybridized carbons (Fsp3) is 0.500. The van der Waals surface area contributed by atoms with Gasteiger partial charge >= 0.3 is 6.18 Å². The Morgan fingerprint density at radius 1 is 1.24 bits per heavy atom. The van der Waals surface area contributed by atoms with Crippen LogP contribution in [0, 0.1) is 0 Å². The number of aliphatic hydroxyl groups excluding tert-OH is 1. The van der Waals surface area contributed by atoms with E-state index in [1.807, 2.05) is 0 Å². The average molecular weight is 247 g/mol. The Bertz CT molecular complexity index is 322. The number of alkyl halides is 3. The molecule has 0 aliphatic carbocycles. The van der Waals surface area contributed by atoms with Crippen molar-refractivity contribution in [2.75, 3.05) is 6.61 Å². The summed E-state index contributed by atoms with van der Waals surface area (Å²) in [4.78, 5) is 0. The maximum absolute atomic E-state index is 12.9. The Hall–Kier alpha value is -1.07. The van der Waals surface area contributed by atoms with E-state index < -0.39 is 18.3 Å². The van der Waals surface area contributed by atoms with Gasteiger partial charge in [0.05, 0.1) is 6.61 Å². The lowest BCUT2D eigenvalue weighted by atomic mass is 10.0. The van der Waals surface area contributed by atoms with Gasteiger partial charge in [0.1, 0.15) is 6.04 Å². The van der Waals surface area contributed by atoms with Crippen LogP contribution in [0.4, 0.5) is 13.2 Å². The van der Waals surface area contributed by atoms with Gasteiger partial charge in [-0.15, -0.1) is 0 Å². The Labute approximate surface area is 98.5 Å². The smallest absolute Gasteiger partial charge is 0.395 e. The van der Waals surface area contributed by atoms with Gasteiger partial charge < -0.3 is 5.11 Å². The molecule has 0 aromatic heterocycles. The summed E-state index contributed by atoms with van der Waals surface area (Å²) < 4.78 is 38.7. The van der Waals surface area contributed by atoms with E-state index in [0.29, 0.717) is 6.42 Å². The second-order valence-electron chi connectivity index (χ2n) is 3.84. The fourth-order valence-electron chi connectivity index (χ4n) is 1.56. The van der Waals surface area contributed by atoms with E-state index in [1.54, 1.807) is 25.1 Å². The number of benzene rings is 1. The van der Waals surface area contributed by atoms with Crippen LogP contribution in [0.15, 0.2) is 30.3 Å².